The third-order valence-corrected chi connectivity index (χ3v) is 4.97. The van der Waals surface area contributed by atoms with E-state index >= 15 is 0 Å². The lowest BCUT2D eigenvalue weighted by molar-refractivity contribution is -0.127. The van der Waals surface area contributed by atoms with Gasteiger partial charge in [-0.2, -0.15) is 0 Å². The molecule has 0 unspecified atom stereocenters. The van der Waals surface area contributed by atoms with Crippen LogP contribution in [0.3, 0.4) is 0 Å². The first kappa shape index (κ1) is 16.3. The monoisotopic (exact) mass is 344 g/mol. The molecule has 4 heteroatoms. The molecule has 3 aromatic carbocycles. The van der Waals surface area contributed by atoms with E-state index in [-0.39, 0.29) is 18.5 Å². The number of rotatable bonds is 3. The van der Waals surface area contributed by atoms with Crippen molar-refractivity contribution in [3.63, 3.8) is 0 Å². The average molecular weight is 344 g/mol. The molecule has 4 nitrogen and oxygen atoms in total. The zero-order valence-electron chi connectivity index (χ0n) is 14.8. The van der Waals surface area contributed by atoms with Crippen molar-refractivity contribution in [2.45, 2.75) is 26.4 Å². The van der Waals surface area contributed by atoms with E-state index in [9.17, 15) is 9.59 Å². The van der Waals surface area contributed by atoms with E-state index in [1.165, 1.54) is 4.90 Å². The predicted octanol–water partition coefficient (Wildman–Crippen LogP) is 4.51. The molecule has 0 saturated carbocycles. The number of carbonyl (C=O) groups is 2. The van der Waals surface area contributed by atoms with Crippen LogP contribution >= 0.6 is 0 Å². The van der Waals surface area contributed by atoms with Crippen LogP contribution in [-0.2, 0) is 11.3 Å². The van der Waals surface area contributed by atoms with E-state index in [1.54, 1.807) is 11.8 Å². The Labute approximate surface area is 152 Å². The van der Waals surface area contributed by atoms with Crippen LogP contribution in [0, 0.1) is 6.92 Å². The zero-order chi connectivity index (χ0) is 18.3. The van der Waals surface area contributed by atoms with Gasteiger partial charge in [-0.25, -0.2) is 4.79 Å². The Kier molecular flexibility index (Phi) is 3.96. The molecule has 0 N–H and O–H groups in total. The maximum atomic E-state index is 13.0. The molecule has 1 heterocycles. The van der Waals surface area contributed by atoms with Crippen LogP contribution in [0.4, 0.5) is 10.5 Å². The SMILES string of the molecule is Cc1ccc(N2C(=O)N(Cc3cccc4ccccc34)C(=O)[C@H]2C)cc1. The number of amides is 3. The minimum absolute atomic E-state index is 0.163. The Balaban J connectivity index is 1.68. The van der Waals surface area contributed by atoms with Crippen molar-refractivity contribution in [1.82, 2.24) is 4.90 Å². The number of urea groups is 1. The molecular weight excluding hydrogens is 324 g/mol. The number of hydrogen-bond acceptors (Lipinski definition) is 2. The molecule has 0 bridgehead atoms. The number of benzene rings is 3. The van der Waals surface area contributed by atoms with Crippen LogP contribution in [-0.4, -0.2) is 22.9 Å². The summed E-state index contributed by atoms with van der Waals surface area (Å²) in [6.07, 6.45) is 0. The maximum Gasteiger partial charge on any atom is 0.332 e. The zero-order valence-corrected chi connectivity index (χ0v) is 14.8. The lowest BCUT2D eigenvalue weighted by Crippen LogP contribution is -2.33. The largest absolute Gasteiger partial charge is 0.332 e. The second kappa shape index (κ2) is 6.30. The molecule has 3 amide bonds. The van der Waals surface area contributed by atoms with Gasteiger partial charge in [-0.3, -0.25) is 14.6 Å². The third kappa shape index (κ3) is 2.64. The highest BCUT2D eigenvalue weighted by molar-refractivity contribution is 6.14. The number of aryl methyl sites for hydroxylation is 1. The van der Waals surface area contributed by atoms with Gasteiger partial charge in [-0.1, -0.05) is 60.2 Å². The lowest BCUT2D eigenvalue weighted by atomic mass is 10.0. The summed E-state index contributed by atoms with van der Waals surface area (Å²) in [5.74, 6) is -0.163. The van der Waals surface area contributed by atoms with Gasteiger partial charge in [0.05, 0.1) is 6.54 Å². The van der Waals surface area contributed by atoms with E-state index in [0.717, 1.165) is 27.6 Å². The van der Waals surface area contributed by atoms with Crippen LogP contribution in [0.15, 0.2) is 66.7 Å². The first-order chi connectivity index (χ1) is 12.6. The van der Waals surface area contributed by atoms with E-state index < -0.39 is 6.04 Å². The van der Waals surface area contributed by atoms with Crippen LogP contribution in [0.2, 0.25) is 0 Å². The average Bonchev–Trinajstić information content (AvgIpc) is 2.86. The van der Waals surface area contributed by atoms with Crippen molar-refractivity contribution in [1.29, 1.82) is 0 Å². The summed E-state index contributed by atoms with van der Waals surface area (Å²) in [7, 11) is 0. The molecule has 4 rings (SSSR count). The topological polar surface area (TPSA) is 40.6 Å². The molecule has 1 atom stereocenters. The van der Waals surface area contributed by atoms with Crippen molar-refractivity contribution < 1.29 is 9.59 Å². The Hall–Kier alpha value is -3.14. The van der Waals surface area contributed by atoms with Gasteiger partial charge in [0.25, 0.3) is 5.91 Å². The molecule has 0 aliphatic carbocycles. The molecule has 1 aliphatic rings. The summed E-state index contributed by atoms with van der Waals surface area (Å²) in [4.78, 5) is 28.7. The van der Waals surface area contributed by atoms with Crippen LogP contribution in [0.1, 0.15) is 18.1 Å². The minimum Gasteiger partial charge on any atom is -0.282 e. The molecule has 130 valence electrons. The number of fused-ring (bicyclic) bond motifs is 1. The highest BCUT2D eigenvalue weighted by atomic mass is 16.2. The predicted molar refractivity (Wildman–Crippen MR) is 103 cm³/mol. The molecule has 1 fully saturated rings. The quantitative estimate of drug-likeness (QED) is 0.656. The van der Waals surface area contributed by atoms with Crippen molar-refractivity contribution >= 4 is 28.4 Å². The van der Waals surface area contributed by atoms with Gasteiger partial charge >= 0.3 is 6.03 Å². The normalized spacial score (nSPS) is 17.4. The van der Waals surface area contributed by atoms with E-state index in [2.05, 4.69) is 0 Å². The smallest absolute Gasteiger partial charge is 0.282 e. The third-order valence-electron chi connectivity index (χ3n) is 4.97. The number of carbonyl (C=O) groups excluding carboxylic acids is 2. The standard InChI is InChI=1S/C22H20N2O2/c1-15-10-12-19(13-11-15)24-16(2)21(25)23(22(24)26)14-18-8-5-7-17-6-3-4-9-20(17)18/h3-13,16H,14H2,1-2H3/t16-/m1/s1. The van der Waals surface area contributed by atoms with Crippen molar-refractivity contribution in [3.05, 3.63) is 77.9 Å². The fourth-order valence-electron chi connectivity index (χ4n) is 3.51. The second-order valence-electron chi connectivity index (χ2n) is 6.73. The van der Waals surface area contributed by atoms with Gasteiger partial charge in [0.15, 0.2) is 0 Å². The maximum absolute atomic E-state index is 13.0. The molecule has 1 aliphatic heterocycles. The number of imide groups is 1. The highest BCUT2D eigenvalue weighted by Crippen LogP contribution is 2.28. The molecule has 0 aromatic heterocycles. The Morgan fingerprint density at radius 2 is 1.58 bits per heavy atom. The van der Waals surface area contributed by atoms with Gasteiger partial charge < -0.3 is 0 Å². The lowest BCUT2D eigenvalue weighted by Gasteiger charge is -2.20. The fourth-order valence-corrected chi connectivity index (χ4v) is 3.51. The van der Waals surface area contributed by atoms with E-state index in [4.69, 9.17) is 0 Å². The van der Waals surface area contributed by atoms with Crippen molar-refractivity contribution in [3.8, 4) is 0 Å². The van der Waals surface area contributed by atoms with Gasteiger partial charge in [0, 0.05) is 5.69 Å². The van der Waals surface area contributed by atoms with Gasteiger partial charge in [0.2, 0.25) is 0 Å². The minimum atomic E-state index is -0.500. The molecular formula is C22H20N2O2. The Bertz CT molecular complexity index is 989. The fraction of sp³-hybridized carbons (Fsp3) is 0.182. The first-order valence-corrected chi connectivity index (χ1v) is 8.74. The van der Waals surface area contributed by atoms with Crippen LogP contribution < -0.4 is 4.90 Å². The molecule has 0 spiro atoms. The summed E-state index contributed by atoms with van der Waals surface area (Å²) in [5.41, 5.74) is 2.84. The van der Waals surface area contributed by atoms with Gasteiger partial charge in [0.1, 0.15) is 6.04 Å². The van der Waals surface area contributed by atoms with Crippen molar-refractivity contribution in [2.24, 2.45) is 0 Å². The number of hydrogen-bond donors (Lipinski definition) is 0. The first-order valence-electron chi connectivity index (χ1n) is 8.74. The summed E-state index contributed by atoms with van der Waals surface area (Å²) in [6.45, 7) is 4.06. The van der Waals surface area contributed by atoms with E-state index in [1.807, 2.05) is 73.7 Å². The van der Waals surface area contributed by atoms with Crippen molar-refractivity contribution in [2.75, 3.05) is 4.90 Å². The van der Waals surface area contributed by atoms with Gasteiger partial charge in [-0.05, 0) is 42.3 Å². The summed E-state index contributed by atoms with van der Waals surface area (Å²) in [6, 6.07) is 20.9. The van der Waals surface area contributed by atoms with Crippen LogP contribution in [0.5, 0.6) is 0 Å². The summed E-state index contributed by atoms with van der Waals surface area (Å²) >= 11 is 0. The molecule has 3 aromatic rings. The summed E-state index contributed by atoms with van der Waals surface area (Å²) in [5, 5.41) is 2.17. The second-order valence-corrected chi connectivity index (χ2v) is 6.73. The molecule has 1 saturated heterocycles. The Morgan fingerprint density at radius 1 is 0.885 bits per heavy atom. The van der Waals surface area contributed by atoms with Crippen LogP contribution in [0.25, 0.3) is 10.8 Å². The molecule has 26 heavy (non-hydrogen) atoms. The van der Waals surface area contributed by atoms with Gasteiger partial charge in [-0.15, -0.1) is 0 Å². The number of nitrogens with zero attached hydrogens (tertiary/aromatic N) is 2. The number of anilines is 1. The highest BCUT2D eigenvalue weighted by Gasteiger charge is 2.43. The molecule has 0 radical (unpaired) electrons. The summed E-state index contributed by atoms with van der Waals surface area (Å²) < 4.78 is 0. The van der Waals surface area contributed by atoms with E-state index in [0.29, 0.717) is 0 Å². The Morgan fingerprint density at radius 3 is 2.35 bits per heavy atom.